The van der Waals surface area contributed by atoms with Crippen molar-refractivity contribution in [3.05, 3.63) is 5.82 Å². The van der Waals surface area contributed by atoms with E-state index in [2.05, 4.69) is 10.1 Å². The Morgan fingerprint density at radius 3 is 2.70 bits per heavy atom. The summed E-state index contributed by atoms with van der Waals surface area (Å²) in [6.45, 7) is 0. The number of carbonyl (C=O) groups excluding carboxylic acids is 1. The minimum atomic E-state index is 0.355. The second-order valence-electron chi connectivity index (χ2n) is 1.86. The molecule has 5 heteroatoms. The Morgan fingerprint density at radius 2 is 2.40 bits per heavy atom. The van der Waals surface area contributed by atoms with Crippen molar-refractivity contribution in [3.63, 3.8) is 0 Å². The molecule has 0 amide bonds. The normalized spacial score (nSPS) is 9.80. The van der Waals surface area contributed by atoms with Gasteiger partial charge in [0.1, 0.15) is 0 Å². The Balaban J connectivity index is 3.03. The molecule has 0 unspecified atom stereocenters. The van der Waals surface area contributed by atoms with E-state index in [4.69, 9.17) is 0 Å². The highest BCUT2D eigenvalue weighted by molar-refractivity contribution is 5.69. The van der Waals surface area contributed by atoms with Crippen LogP contribution in [-0.4, -0.2) is 28.1 Å². The monoisotopic (exact) mass is 141 g/mol. The van der Waals surface area contributed by atoms with Crippen LogP contribution in [-0.2, 0) is 7.05 Å². The molecule has 5 nitrogen and oxygen atoms in total. The molecule has 1 aromatic heterocycles. The number of carbonyl (C=O) groups is 1. The average molecular weight is 141 g/mol. The molecule has 2 N–H and O–H groups in total. The molecule has 0 radical (unpaired) electrons. The summed E-state index contributed by atoms with van der Waals surface area (Å²) in [6, 6.07) is 0. The van der Waals surface area contributed by atoms with E-state index in [0.717, 1.165) is 0 Å². The molecule has 0 spiro atoms. The number of nitrogens with zero attached hydrogens (tertiary/aromatic N) is 3. The fraction of sp³-hybridized carbons (Fsp3) is 0.400. The second kappa shape index (κ2) is 2.57. The summed E-state index contributed by atoms with van der Waals surface area (Å²) >= 11 is 0. The quantitative estimate of drug-likeness (QED) is 0.507. The fourth-order valence-electron chi connectivity index (χ4n) is 0.642. The van der Waals surface area contributed by atoms with Crippen LogP contribution in [0.3, 0.4) is 0 Å². The van der Waals surface area contributed by atoms with Crippen molar-refractivity contribution in [2.45, 2.75) is 0 Å². The average Bonchev–Trinajstić information content (AvgIpc) is 2.30. The first-order valence-corrected chi connectivity index (χ1v) is 2.93. The van der Waals surface area contributed by atoms with E-state index in [-0.39, 0.29) is 0 Å². The van der Waals surface area contributed by atoms with Crippen LogP contribution in [0.15, 0.2) is 0 Å². The van der Waals surface area contributed by atoms with Crippen molar-refractivity contribution in [1.82, 2.24) is 14.8 Å². The third-order valence-electron chi connectivity index (χ3n) is 1.18. The summed E-state index contributed by atoms with van der Waals surface area (Å²) in [5.74, 6) is 0.942. The molecule has 54 valence electrons. The first-order valence-electron chi connectivity index (χ1n) is 2.93. The van der Waals surface area contributed by atoms with Gasteiger partial charge in [-0.05, 0) is 0 Å². The highest BCUT2D eigenvalue weighted by Crippen LogP contribution is 1.90. The summed E-state index contributed by atoms with van der Waals surface area (Å²) in [7, 11) is 3.51. The standard InChI is InChI=1S/C5H8N4O/c1-6-5-7-4(3-10)9(2)8-5/h3H,1-2H3,(H,6,8)/p+1. The summed E-state index contributed by atoms with van der Waals surface area (Å²) < 4.78 is 1.45. The molecule has 0 aliphatic rings. The summed E-state index contributed by atoms with van der Waals surface area (Å²) in [5.41, 5.74) is 0. The van der Waals surface area contributed by atoms with Crippen LogP contribution in [0.25, 0.3) is 0 Å². The van der Waals surface area contributed by atoms with E-state index in [0.29, 0.717) is 18.1 Å². The van der Waals surface area contributed by atoms with Crippen LogP contribution in [0.5, 0.6) is 0 Å². The van der Waals surface area contributed by atoms with E-state index in [1.807, 2.05) is 7.05 Å². The second-order valence-corrected chi connectivity index (χ2v) is 1.86. The number of quaternary nitrogens is 1. The van der Waals surface area contributed by atoms with Gasteiger partial charge in [-0.3, -0.25) is 10.1 Å². The van der Waals surface area contributed by atoms with Crippen LogP contribution in [0.2, 0.25) is 0 Å². The zero-order valence-corrected chi connectivity index (χ0v) is 5.90. The Morgan fingerprint density at radius 1 is 1.70 bits per heavy atom. The zero-order chi connectivity index (χ0) is 7.56. The van der Waals surface area contributed by atoms with Gasteiger partial charge in [-0.2, -0.15) is 4.98 Å². The minimum absolute atomic E-state index is 0.355. The van der Waals surface area contributed by atoms with Crippen molar-refractivity contribution >= 4 is 12.2 Å². The largest absolute Gasteiger partial charge is 0.344 e. The molecular weight excluding hydrogens is 132 g/mol. The van der Waals surface area contributed by atoms with Crippen LogP contribution in [0.4, 0.5) is 5.95 Å². The van der Waals surface area contributed by atoms with Gasteiger partial charge in [-0.15, -0.1) is 0 Å². The Labute approximate surface area is 58.1 Å². The maximum Gasteiger partial charge on any atom is 0.344 e. The van der Waals surface area contributed by atoms with Crippen LogP contribution >= 0.6 is 0 Å². The molecule has 1 rings (SSSR count). The lowest BCUT2D eigenvalue weighted by atomic mass is 10.7. The lowest BCUT2D eigenvalue weighted by Crippen LogP contribution is -2.73. The van der Waals surface area contributed by atoms with Gasteiger partial charge in [-0.1, -0.05) is 5.10 Å². The van der Waals surface area contributed by atoms with Crippen molar-refractivity contribution in [3.8, 4) is 0 Å². The van der Waals surface area contributed by atoms with Gasteiger partial charge in [-0.25, -0.2) is 4.68 Å². The predicted octanol–water partition coefficient (Wildman–Crippen LogP) is -1.55. The highest BCUT2D eigenvalue weighted by atomic mass is 16.1. The van der Waals surface area contributed by atoms with Gasteiger partial charge in [0.15, 0.2) is 12.1 Å². The molecule has 0 aliphatic carbocycles. The van der Waals surface area contributed by atoms with E-state index in [9.17, 15) is 4.79 Å². The summed E-state index contributed by atoms with van der Waals surface area (Å²) in [5, 5.41) is 5.66. The number of aromatic nitrogens is 3. The Bertz CT molecular complexity index is 242. The van der Waals surface area contributed by atoms with E-state index >= 15 is 0 Å². The first kappa shape index (κ1) is 6.88. The predicted molar refractivity (Wildman–Crippen MR) is 33.9 cm³/mol. The molecule has 0 fully saturated rings. The first-order chi connectivity index (χ1) is 4.77. The minimum Gasteiger partial charge on any atom is -0.294 e. The smallest absolute Gasteiger partial charge is 0.294 e. The van der Waals surface area contributed by atoms with Crippen molar-refractivity contribution < 1.29 is 10.1 Å². The molecule has 0 atom stereocenters. The third kappa shape index (κ3) is 1.03. The Kier molecular flexibility index (Phi) is 1.77. The van der Waals surface area contributed by atoms with Crippen LogP contribution in [0.1, 0.15) is 10.6 Å². The summed E-state index contributed by atoms with van der Waals surface area (Å²) in [4.78, 5) is 14.1. The number of rotatable bonds is 2. The molecule has 0 bridgehead atoms. The molecule has 0 aromatic carbocycles. The topological polar surface area (TPSA) is 64.4 Å². The molecule has 0 saturated heterocycles. The van der Waals surface area contributed by atoms with Crippen LogP contribution < -0.4 is 5.32 Å². The molecule has 0 saturated carbocycles. The van der Waals surface area contributed by atoms with E-state index < -0.39 is 0 Å². The molecule has 1 aromatic rings. The lowest BCUT2D eigenvalue weighted by molar-refractivity contribution is -0.547. The van der Waals surface area contributed by atoms with Crippen LogP contribution in [0, 0.1) is 0 Å². The van der Waals surface area contributed by atoms with Gasteiger partial charge in [0, 0.05) is 7.05 Å². The van der Waals surface area contributed by atoms with Gasteiger partial charge < -0.3 is 0 Å². The number of aryl methyl sites for hydroxylation is 1. The zero-order valence-electron chi connectivity index (χ0n) is 5.90. The molecule has 0 aliphatic heterocycles. The maximum atomic E-state index is 10.2. The number of nitrogens with two attached hydrogens (primary N) is 1. The van der Waals surface area contributed by atoms with E-state index in [1.165, 1.54) is 4.68 Å². The number of aldehydes is 1. The van der Waals surface area contributed by atoms with Gasteiger partial charge >= 0.3 is 5.95 Å². The van der Waals surface area contributed by atoms with Gasteiger partial charge in [0.25, 0.3) is 0 Å². The fourth-order valence-corrected chi connectivity index (χ4v) is 0.642. The molecule has 1 heterocycles. The summed E-state index contributed by atoms with van der Waals surface area (Å²) in [6.07, 6.45) is 0.681. The Hall–Kier alpha value is -1.23. The lowest BCUT2D eigenvalue weighted by Gasteiger charge is -1.83. The van der Waals surface area contributed by atoms with Gasteiger partial charge in [0.05, 0.1) is 7.05 Å². The maximum absolute atomic E-state index is 10.2. The van der Waals surface area contributed by atoms with Gasteiger partial charge in [0.2, 0.25) is 0 Å². The van der Waals surface area contributed by atoms with E-state index in [1.54, 1.807) is 12.4 Å². The number of hydrogen-bond donors (Lipinski definition) is 1. The highest BCUT2D eigenvalue weighted by Gasteiger charge is 2.05. The van der Waals surface area contributed by atoms with Crippen molar-refractivity contribution in [2.24, 2.45) is 7.05 Å². The number of hydrogen-bond acceptors (Lipinski definition) is 3. The van der Waals surface area contributed by atoms with Crippen molar-refractivity contribution in [1.29, 1.82) is 0 Å². The SMILES string of the molecule is C[NH2+]c1nc(C=O)n(C)n1. The van der Waals surface area contributed by atoms with Crippen molar-refractivity contribution in [2.75, 3.05) is 7.05 Å². The molecule has 10 heavy (non-hydrogen) atoms. The molecular formula is C5H9N4O+. The third-order valence-corrected chi connectivity index (χ3v) is 1.18.